The number of halogens is 1. The number of imidazole rings is 1. The van der Waals surface area contributed by atoms with Crippen LogP contribution in [0.5, 0.6) is 0 Å². The topological polar surface area (TPSA) is 43.6 Å². The molecular weight excluding hydrogens is 284 g/mol. The van der Waals surface area contributed by atoms with Gasteiger partial charge in [-0.3, -0.25) is 9.97 Å². The number of hydrogen-bond donors (Lipinski definition) is 0. The molecule has 3 rings (SSSR count). The van der Waals surface area contributed by atoms with Crippen molar-refractivity contribution in [2.75, 3.05) is 0 Å². The van der Waals surface area contributed by atoms with E-state index in [0.717, 1.165) is 28.2 Å². The van der Waals surface area contributed by atoms with Crippen molar-refractivity contribution in [3.63, 3.8) is 0 Å². The highest BCUT2D eigenvalue weighted by Gasteiger charge is 2.16. The lowest BCUT2D eigenvalue weighted by atomic mass is 10.2. The molecule has 2 aromatic heterocycles. The van der Waals surface area contributed by atoms with Gasteiger partial charge in [0.25, 0.3) is 0 Å². The van der Waals surface area contributed by atoms with Crippen LogP contribution in [0.15, 0.2) is 30.6 Å². The fourth-order valence-electron chi connectivity index (χ4n) is 2.51. The van der Waals surface area contributed by atoms with E-state index in [-0.39, 0.29) is 5.38 Å². The van der Waals surface area contributed by atoms with Crippen molar-refractivity contribution >= 4 is 22.6 Å². The molecule has 0 spiro atoms. The third kappa shape index (κ3) is 2.63. The van der Waals surface area contributed by atoms with Crippen LogP contribution in [0.25, 0.3) is 11.0 Å². The van der Waals surface area contributed by atoms with Crippen molar-refractivity contribution in [3.05, 3.63) is 53.4 Å². The molecule has 1 atom stereocenters. The zero-order valence-electron chi connectivity index (χ0n) is 12.3. The number of hydrogen-bond acceptors (Lipinski definition) is 3. The molecule has 0 fully saturated rings. The summed E-state index contributed by atoms with van der Waals surface area (Å²) in [6.45, 7) is 6.58. The van der Waals surface area contributed by atoms with Gasteiger partial charge in [-0.25, -0.2) is 4.98 Å². The minimum absolute atomic E-state index is 0.157. The average molecular weight is 301 g/mol. The van der Waals surface area contributed by atoms with Crippen molar-refractivity contribution in [1.29, 1.82) is 0 Å². The van der Waals surface area contributed by atoms with Gasteiger partial charge in [-0.1, -0.05) is 12.1 Å². The highest BCUT2D eigenvalue weighted by molar-refractivity contribution is 6.20. The van der Waals surface area contributed by atoms with Crippen LogP contribution >= 0.6 is 11.6 Å². The number of benzene rings is 1. The van der Waals surface area contributed by atoms with Gasteiger partial charge in [0.15, 0.2) is 0 Å². The first kappa shape index (κ1) is 14.0. The number of rotatable bonds is 3. The first-order valence-electron chi connectivity index (χ1n) is 6.93. The summed E-state index contributed by atoms with van der Waals surface area (Å²) in [4.78, 5) is 13.4. The molecule has 1 unspecified atom stereocenters. The Morgan fingerprint density at radius 1 is 1.19 bits per heavy atom. The van der Waals surface area contributed by atoms with Gasteiger partial charge in [-0.15, -0.1) is 11.6 Å². The lowest BCUT2D eigenvalue weighted by molar-refractivity contribution is 0.721. The average Bonchev–Trinajstić information content (AvgIpc) is 2.82. The molecule has 108 valence electrons. The summed E-state index contributed by atoms with van der Waals surface area (Å²) in [7, 11) is 0. The minimum Gasteiger partial charge on any atom is -0.320 e. The maximum Gasteiger partial charge on any atom is 0.128 e. The molecule has 1 aromatic carbocycles. The molecule has 5 heteroatoms. The monoisotopic (exact) mass is 300 g/mol. The van der Waals surface area contributed by atoms with E-state index in [4.69, 9.17) is 11.6 Å². The standard InChI is InChI=1S/C16H17ClN4/c1-10-5-4-6-14-15(10)21(16(20-14)12(3)17)9-13-8-18-11(2)7-19-13/h4-8,12H,9H2,1-3H3. The molecular formula is C16H17ClN4. The van der Waals surface area contributed by atoms with E-state index < -0.39 is 0 Å². The quantitative estimate of drug-likeness (QED) is 0.691. The molecule has 4 nitrogen and oxygen atoms in total. The Kier molecular flexibility index (Phi) is 3.64. The summed E-state index contributed by atoms with van der Waals surface area (Å²) < 4.78 is 2.14. The lowest BCUT2D eigenvalue weighted by Gasteiger charge is -2.11. The summed E-state index contributed by atoms with van der Waals surface area (Å²) in [6, 6.07) is 6.12. The molecule has 0 radical (unpaired) electrons. The van der Waals surface area contributed by atoms with Crippen LogP contribution < -0.4 is 0 Å². The summed E-state index contributed by atoms with van der Waals surface area (Å²) >= 11 is 6.30. The third-order valence-corrected chi connectivity index (χ3v) is 3.70. The van der Waals surface area contributed by atoms with E-state index in [1.165, 1.54) is 5.56 Å². The highest BCUT2D eigenvalue weighted by atomic mass is 35.5. The third-order valence-electron chi connectivity index (χ3n) is 3.51. The summed E-state index contributed by atoms with van der Waals surface area (Å²) in [6.07, 6.45) is 3.59. The molecule has 2 heterocycles. The van der Waals surface area contributed by atoms with Crippen LogP contribution in [0, 0.1) is 13.8 Å². The van der Waals surface area contributed by atoms with Gasteiger partial charge in [0.2, 0.25) is 0 Å². The normalized spacial score (nSPS) is 12.8. The zero-order valence-corrected chi connectivity index (χ0v) is 13.1. The second kappa shape index (κ2) is 5.45. The molecule has 0 saturated heterocycles. The Labute approximate surface area is 128 Å². The van der Waals surface area contributed by atoms with Crippen LogP contribution in [0.2, 0.25) is 0 Å². The van der Waals surface area contributed by atoms with Gasteiger partial charge in [-0.05, 0) is 32.4 Å². The molecule has 0 aliphatic rings. The van der Waals surface area contributed by atoms with Crippen LogP contribution in [0.3, 0.4) is 0 Å². The first-order valence-corrected chi connectivity index (χ1v) is 7.37. The highest BCUT2D eigenvalue weighted by Crippen LogP contribution is 2.27. The van der Waals surface area contributed by atoms with Gasteiger partial charge in [0.05, 0.1) is 40.5 Å². The first-order chi connectivity index (χ1) is 10.1. The number of alkyl halides is 1. The Morgan fingerprint density at radius 2 is 2.00 bits per heavy atom. The van der Waals surface area contributed by atoms with Gasteiger partial charge in [0, 0.05) is 6.20 Å². The number of para-hydroxylation sites is 1. The Bertz CT molecular complexity index is 775. The fourth-order valence-corrected chi connectivity index (χ4v) is 2.68. The van der Waals surface area contributed by atoms with Crippen molar-refractivity contribution in [1.82, 2.24) is 19.5 Å². The van der Waals surface area contributed by atoms with Crippen molar-refractivity contribution in [2.45, 2.75) is 32.7 Å². The van der Waals surface area contributed by atoms with E-state index in [9.17, 15) is 0 Å². The van der Waals surface area contributed by atoms with E-state index >= 15 is 0 Å². The van der Waals surface area contributed by atoms with Gasteiger partial charge in [-0.2, -0.15) is 0 Å². The molecule has 0 amide bonds. The second-order valence-electron chi connectivity index (χ2n) is 5.26. The van der Waals surface area contributed by atoms with Crippen molar-refractivity contribution < 1.29 is 0 Å². The van der Waals surface area contributed by atoms with Crippen LogP contribution in [0.4, 0.5) is 0 Å². The Morgan fingerprint density at radius 3 is 2.67 bits per heavy atom. The lowest BCUT2D eigenvalue weighted by Crippen LogP contribution is -2.08. The molecule has 0 aliphatic heterocycles. The molecule has 0 bridgehead atoms. The van der Waals surface area contributed by atoms with Crippen molar-refractivity contribution in [2.24, 2.45) is 0 Å². The molecule has 21 heavy (non-hydrogen) atoms. The van der Waals surface area contributed by atoms with Crippen LogP contribution in [0.1, 0.15) is 35.1 Å². The van der Waals surface area contributed by atoms with Gasteiger partial charge in [0.1, 0.15) is 5.82 Å². The molecule has 0 N–H and O–H groups in total. The summed E-state index contributed by atoms with van der Waals surface area (Å²) in [5, 5.41) is -0.157. The molecule has 0 aliphatic carbocycles. The van der Waals surface area contributed by atoms with E-state index in [0.29, 0.717) is 6.54 Å². The summed E-state index contributed by atoms with van der Waals surface area (Å²) in [5.41, 5.74) is 5.08. The summed E-state index contributed by atoms with van der Waals surface area (Å²) in [5.74, 6) is 0.864. The number of nitrogens with zero attached hydrogens (tertiary/aromatic N) is 4. The SMILES string of the molecule is Cc1cnc(Cn2c(C(C)Cl)nc3cccc(C)c32)cn1. The fraction of sp³-hybridized carbons (Fsp3) is 0.312. The largest absolute Gasteiger partial charge is 0.320 e. The zero-order chi connectivity index (χ0) is 15.0. The number of aromatic nitrogens is 4. The molecule has 3 aromatic rings. The second-order valence-corrected chi connectivity index (χ2v) is 5.92. The Balaban J connectivity index is 2.15. The van der Waals surface area contributed by atoms with E-state index in [2.05, 4.69) is 32.5 Å². The minimum atomic E-state index is -0.157. The van der Waals surface area contributed by atoms with E-state index in [1.54, 1.807) is 6.20 Å². The number of fused-ring (bicyclic) bond motifs is 1. The Hall–Kier alpha value is -1.94. The van der Waals surface area contributed by atoms with Gasteiger partial charge < -0.3 is 4.57 Å². The van der Waals surface area contributed by atoms with Crippen LogP contribution in [-0.4, -0.2) is 19.5 Å². The van der Waals surface area contributed by atoms with Crippen molar-refractivity contribution in [3.8, 4) is 0 Å². The van der Waals surface area contributed by atoms with Gasteiger partial charge >= 0.3 is 0 Å². The maximum absolute atomic E-state index is 6.30. The predicted octanol–water partition coefficient (Wildman–Crippen LogP) is 3.79. The molecule has 0 saturated carbocycles. The smallest absolute Gasteiger partial charge is 0.128 e. The van der Waals surface area contributed by atoms with E-state index in [1.807, 2.05) is 32.2 Å². The predicted molar refractivity (Wildman–Crippen MR) is 84.6 cm³/mol. The van der Waals surface area contributed by atoms with Crippen LogP contribution in [-0.2, 0) is 6.54 Å². The maximum atomic E-state index is 6.30. The number of aryl methyl sites for hydroxylation is 2.